The van der Waals surface area contributed by atoms with Crippen molar-refractivity contribution in [3.8, 4) is 0 Å². The van der Waals surface area contributed by atoms with Crippen molar-refractivity contribution >= 4 is 34.0 Å². The molecule has 2 heterocycles. The van der Waals surface area contributed by atoms with Crippen molar-refractivity contribution in [2.45, 2.75) is 16.9 Å². The van der Waals surface area contributed by atoms with Crippen LogP contribution in [0.3, 0.4) is 0 Å². The van der Waals surface area contributed by atoms with Crippen molar-refractivity contribution < 1.29 is 8.42 Å². The highest BCUT2D eigenvalue weighted by Gasteiger charge is 2.33. The molecule has 3 N–H and O–H groups in total. The van der Waals surface area contributed by atoms with Crippen LogP contribution in [0.15, 0.2) is 63.9 Å². The number of fused-ring (bicyclic) bond motifs is 1. The summed E-state index contributed by atoms with van der Waals surface area (Å²) in [6, 6.07) is 17.0. The van der Waals surface area contributed by atoms with Gasteiger partial charge in [0.25, 0.3) is 10.0 Å². The summed E-state index contributed by atoms with van der Waals surface area (Å²) in [5, 5.41) is 3.14. The average molecular weight is 393 g/mol. The molecular formula is C18H21ClN4O2S. The van der Waals surface area contributed by atoms with Gasteiger partial charge in [-0.2, -0.15) is 8.42 Å². The number of hydrogen-bond donors (Lipinski definition) is 2. The Labute approximate surface area is 159 Å². The van der Waals surface area contributed by atoms with E-state index in [9.17, 15) is 8.42 Å². The van der Waals surface area contributed by atoms with Crippen LogP contribution in [0.1, 0.15) is 11.5 Å². The Morgan fingerprint density at radius 2 is 1.77 bits per heavy atom. The van der Waals surface area contributed by atoms with Crippen LogP contribution in [0.25, 0.3) is 0 Å². The molecule has 2 aromatic rings. The van der Waals surface area contributed by atoms with Crippen molar-refractivity contribution in [1.29, 1.82) is 0 Å². The zero-order valence-electron chi connectivity index (χ0n) is 14.1. The monoisotopic (exact) mass is 392 g/mol. The van der Waals surface area contributed by atoms with Crippen LogP contribution in [0, 0.1) is 0 Å². The first-order chi connectivity index (χ1) is 12.0. The number of nitrogens with one attached hydrogen (secondary N) is 1. The predicted molar refractivity (Wildman–Crippen MR) is 106 cm³/mol. The fraction of sp³-hybridized carbons (Fsp3) is 0.278. The minimum Gasteiger partial charge on any atom is -0.341 e. The molecule has 0 spiro atoms. The number of benzene rings is 2. The normalized spacial score (nSPS) is 24.1. The third-order valence-corrected chi connectivity index (χ3v) is 6.09. The van der Waals surface area contributed by atoms with E-state index in [4.69, 9.17) is 5.73 Å². The molecule has 0 bridgehead atoms. The van der Waals surface area contributed by atoms with Crippen molar-refractivity contribution in [2.75, 3.05) is 25.0 Å². The van der Waals surface area contributed by atoms with Crippen LogP contribution in [-0.2, 0) is 10.0 Å². The first-order valence-electron chi connectivity index (χ1n) is 8.26. The first kappa shape index (κ1) is 18.8. The molecule has 6 nitrogen and oxygen atoms in total. The Morgan fingerprint density at radius 1 is 1.08 bits per heavy atom. The van der Waals surface area contributed by atoms with Gasteiger partial charge in [0.15, 0.2) is 0 Å². The lowest BCUT2D eigenvalue weighted by atomic mass is 9.95. The largest absolute Gasteiger partial charge is 0.341 e. The number of rotatable bonds is 3. The molecule has 2 aromatic carbocycles. The Kier molecular flexibility index (Phi) is 5.34. The van der Waals surface area contributed by atoms with E-state index in [0.29, 0.717) is 24.6 Å². The molecular weight excluding hydrogens is 372 g/mol. The molecule has 1 saturated heterocycles. The molecule has 0 amide bonds. The summed E-state index contributed by atoms with van der Waals surface area (Å²) in [5.74, 6) is 0.689. The maximum absolute atomic E-state index is 12.3. The molecule has 138 valence electrons. The summed E-state index contributed by atoms with van der Waals surface area (Å²) < 4.78 is 28.6. The van der Waals surface area contributed by atoms with Crippen LogP contribution in [-0.4, -0.2) is 44.8 Å². The highest BCUT2D eigenvalue weighted by molar-refractivity contribution is 7.90. The van der Waals surface area contributed by atoms with Gasteiger partial charge in [-0.15, -0.1) is 16.8 Å². The summed E-state index contributed by atoms with van der Waals surface area (Å²) in [7, 11) is -3.64. The van der Waals surface area contributed by atoms with Crippen molar-refractivity contribution in [2.24, 2.45) is 10.1 Å². The number of anilines is 1. The number of halogens is 1. The van der Waals surface area contributed by atoms with Gasteiger partial charge < -0.3 is 11.1 Å². The fourth-order valence-corrected chi connectivity index (χ4v) is 4.68. The van der Waals surface area contributed by atoms with E-state index >= 15 is 0 Å². The molecule has 2 atom stereocenters. The first-order valence-corrected chi connectivity index (χ1v) is 9.70. The summed E-state index contributed by atoms with van der Waals surface area (Å²) in [5.41, 5.74) is 8.11. The number of amidine groups is 1. The zero-order chi connectivity index (χ0) is 17.4. The van der Waals surface area contributed by atoms with Gasteiger partial charge in [0, 0.05) is 25.0 Å². The number of hydrogen-bond acceptors (Lipinski definition) is 5. The molecule has 0 radical (unpaired) electrons. The van der Waals surface area contributed by atoms with E-state index < -0.39 is 10.0 Å². The van der Waals surface area contributed by atoms with E-state index in [-0.39, 0.29) is 29.3 Å². The maximum Gasteiger partial charge on any atom is 0.286 e. The number of likely N-dealkylation sites (tertiary alicyclic amines) is 1. The topological polar surface area (TPSA) is 87.8 Å². The van der Waals surface area contributed by atoms with Crippen LogP contribution >= 0.6 is 12.4 Å². The minimum absolute atomic E-state index is 0. The van der Waals surface area contributed by atoms with Crippen LogP contribution in [0.2, 0.25) is 0 Å². The number of sulfonamides is 1. The summed E-state index contributed by atoms with van der Waals surface area (Å²) in [6.07, 6.45) is 0. The second kappa shape index (κ2) is 7.36. The smallest absolute Gasteiger partial charge is 0.286 e. The molecule has 0 aliphatic carbocycles. The Balaban J connectivity index is 0.00000196. The molecule has 2 aliphatic heterocycles. The molecule has 0 saturated carbocycles. The molecule has 26 heavy (non-hydrogen) atoms. The van der Waals surface area contributed by atoms with E-state index in [1.54, 1.807) is 18.2 Å². The van der Waals surface area contributed by atoms with E-state index in [1.165, 1.54) is 5.56 Å². The second-order valence-corrected chi connectivity index (χ2v) is 8.08. The van der Waals surface area contributed by atoms with Gasteiger partial charge in [0.05, 0.1) is 12.2 Å². The van der Waals surface area contributed by atoms with Gasteiger partial charge in [-0.05, 0) is 17.7 Å². The van der Waals surface area contributed by atoms with Gasteiger partial charge in [-0.1, -0.05) is 42.5 Å². The number of para-hydroxylation sites is 1. The zero-order valence-corrected chi connectivity index (χ0v) is 15.7. The molecule has 8 heteroatoms. The lowest BCUT2D eigenvalue weighted by Crippen LogP contribution is -2.35. The Bertz CT molecular complexity index is 918. The molecule has 4 rings (SSSR count). The average Bonchev–Trinajstić information content (AvgIpc) is 2.95. The van der Waals surface area contributed by atoms with E-state index in [0.717, 1.165) is 6.54 Å². The standard InChI is InChI=1S/C18H20N4O2S.ClH/c19-15-11-22(10-14(15)13-6-2-1-3-7-13)12-18-20-16-8-4-5-9-17(16)25(23,24)21-18;/h1-9,14-15H,10-12,19H2,(H,20,21);1H/t14-,15+;/m0./s1. The van der Waals surface area contributed by atoms with Crippen LogP contribution < -0.4 is 11.1 Å². The SMILES string of the molecule is Cl.N[C@@H]1CN(CC2=NS(=O)(=O)c3ccccc3N2)C[C@H]1c1ccccc1. The van der Waals surface area contributed by atoms with E-state index in [1.807, 2.05) is 24.3 Å². The van der Waals surface area contributed by atoms with Crippen molar-refractivity contribution in [3.05, 3.63) is 60.2 Å². The summed E-state index contributed by atoms with van der Waals surface area (Å²) in [6.45, 7) is 1.93. The van der Waals surface area contributed by atoms with E-state index in [2.05, 4.69) is 26.7 Å². The van der Waals surface area contributed by atoms with Gasteiger partial charge in [-0.3, -0.25) is 4.90 Å². The highest BCUT2D eigenvalue weighted by Crippen LogP contribution is 2.29. The number of nitrogens with two attached hydrogens (primary N) is 1. The fourth-order valence-electron chi connectivity index (χ4n) is 3.54. The molecule has 2 aliphatic rings. The summed E-state index contributed by atoms with van der Waals surface area (Å²) in [4.78, 5) is 2.37. The third-order valence-electron chi connectivity index (χ3n) is 4.72. The molecule has 0 aromatic heterocycles. The lowest BCUT2D eigenvalue weighted by Gasteiger charge is -2.22. The van der Waals surface area contributed by atoms with Crippen LogP contribution in [0.4, 0.5) is 5.69 Å². The third kappa shape index (κ3) is 3.61. The quantitative estimate of drug-likeness (QED) is 0.834. The minimum atomic E-state index is -3.64. The predicted octanol–water partition coefficient (Wildman–Crippen LogP) is 2.05. The summed E-state index contributed by atoms with van der Waals surface area (Å²) >= 11 is 0. The van der Waals surface area contributed by atoms with Gasteiger partial charge in [0.1, 0.15) is 10.7 Å². The van der Waals surface area contributed by atoms with Gasteiger partial charge in [0.2, 0.25) is 0 Å². The second-order valence-electron chi connectivity index (χ2n) is 6.51. The number of nitrogens with zero attached hydrogens (tertiary/aromatic N) is 2. The van der Waals surface area contributed by atoms with Gasteiger partial charge >= 0.3 is 0 Å². The Morgan fingerprint density at radius 3 is 2.54 bits per heavy atom. The van der Waals surface area contributed by atoms with Crippen LogP contribution in [0.5, 0.6) is 0 Å². The Hall–Kier alpha value is -1.93. The highest BCUT2D eigenvalue weighted by atomic mass is 35.5. The lowest BCUT2D eigenvalue weighted by molar-refractivity contribution is 0.379. The van der Waals surface area contributed by atoms with Crippen molar-refractivity contribution in [3.63, 3.8) is 0 Å². The maximum atomic E-state index is 12.3. The van der Waals surface area contributed by atoms with Crippen molar-refractivity contribution in [1.82, 2.24) is 4.90 Å². The molecule has 1 fully saturated rings. The van der Waals surface area contributed by atoms with Gasteiger partial charge in [-0.25, -0.2) is 0 Å². The molecule has 0 unspecified atom stereocenters.